The predicted octanol–water partition coefficient (Wildman–Crippen LogP) is 5.13. The van der Waals surface area contributed by atoms with Crippen molar-refractivity contribution < 1.29 is 4.74 Å². The molecular weight excluding hydrogens is 371 g/mol. The Hall–Kier alpha value is -2.24. The lowest BCUT2D eigenvalue weighted by Gasteiger charge is -2.32. The van der Waals surface area contributed by atoms with Gasteiger partial charge in [-0.05, 0) is 37.1 Å². The third-order valence-corrected chi connectivity index (χ3v) is 5.11. The lowest BCUT2D eigenvalue weighted by molar-refractivity contribution is 0.325. The van der Waals surface area contributed by atoms with Crippen molar-refractivity contribution in [2.24, 2.45) is 0 Å². The summed E-state index contributed by atoms with van der Waals surface area (Å²) in [6.07, 6.45) is 2.33. The first-order valence-corrected chi connectivity index (χ1v) is 9.25. The molecule has 2 atom stereocenters. The van der Waals surface area contributed by atoms with Crippen LogP contribution >= 0.6 is 23.2 Å². The third kappa shape index (κ3) is 3.13. The Bertz CT molecular complexity index is 927. The zero-order valence-electron chi connectivity index (χ0n) is 14.2. The van der Waals surface area contributed by atoms with Crippen molar-refractivity contribution >= 4 is 29.2 Å². The molecule has 0 radical (unpaired) electrons. The number of nitrogens with one attached hydrogen (secondary N) is 1. The Morgan fingerprint density at radius 1 is 1.19 bits per heavy atom. The van der Waals surface area contributed by atoms with Crippen LogP contribution in [0.1, 0.15) is 36.6 Å². The maximum Gasteiger partial charge on any atom is 0.222 e. The van der Waals surface area contributed by atoms with E-state index in [4.69, 9.17) is 27.9 Å². The van der Waals surface area contributed by atoms with E-state index in [0.29, 0.717) is 22.6 Å². The lowest BCUT2D eigenvalue weighted by Crippen LogP contribution is -2.28. The van der Waals surface area contributed by atoms with E-state index in [1.807, 2.05) is 41.9 Å². The van der Waals surface area contributed by atoms with Crippen LogP contribution in [0.4, 0.5) is 5.95 Å². The molecule has 0 fully saturated rings. The number of ether oxygens (including phenoxy) is 1. The second-order valence-corrected chi connectivity index (χ2v) is 6.96. The fourth-order valence-electron chi connectivity index (χ4n) is 3.41. The molecule has 0 amide bonds. The van der Waals surface area contributed by atoms with Crippen molar-refractivity contribution in [1.29, 1.82) is 0 Å². The maximum atomic E-state index is 6.45. The Labute approximate surface area is 161 Å². The van der Waals surface area contributed by atoms with Gasteiger partial charge in [0.15, 0.2) is 0 Å². The standard InChI is InChI=1S/C19H18Cl2N4O/c1-2-26-18-6-4-3-5-14(18)17-10-16(24-19-22-11-23-25(17)19)13-8-7-12(20)9-15(13)21/h3-9,11,16-17H,2,10H2,1H3,(H,22,23,24)/t16-,17+/m0/s1. The Morgan fingerprint density at radius 3 is 2.85 bits per heavy atom. The summed E-state index contributed by atoms with van der Waals surface area (Å²) in [6, 6.07) is 13.6. The van der Waals surface area contributed by atoms with Gasteiger partial charge in [-0.1, -0.05) is 47.5 Å². The molecule has 0 saturated carbocycles. The van der Waals surface area contributed by atoms with Crippen molar-refractivity contribution in [2.75, 3.05) is 11.9 Å². The first-order valence-electron chi connectivity index (χ1n) is 8.50. The van der Waals surface area contributed by atoms with E-state index < -0.39 is 0 Å². The van der Waals surface area contributed by atoms with Gasteiger partial charge >= 0.3 is 0 Å². The number of benzene rings is 2. The number of hydrogen-bond donors (Lipinski definition) is 1. The summed E-state index contributed by atoms with van der Waals surface area (Å²) in [6.45, 7) is 2.59. The molecule has 1 aliphatic rings. The SMILES string of the molecule is CCOc1ccccc1[C@H]1C[C@@H](c2ccc(Cl)cc2Cl)Nc2ncnn21. The number of anilines is 1. The van der Waals surface area contributed by atoms with Crippen LogP contribution in [0.15, 0.2) is 48.8 Å². The fraction of sp³-hybridized carbons (Fsp3) is 0.263. The topological polar surface area (TPSA) is 52.0 Å². The summed E-state index contributed by atoms with van der Waals surface area (Å²) in [4.78, 5) is 4.36. The van der Waals surface area contributed by atoms with Crippen molar-refractivity contribution in [3.8, 4) is 5.75 Å². The molecule has 7 heteroatoms. The van der Waals surface area contributed by atoms with Gasteiger partial charge in [0.25, 0.3) is 0 Å². The Balaban J connectivity index is 1.76. The Kier molecular flexibility index (Phi) is 4.74. The minimum absolute atomic E-state index is 0.00357. The molecule has 0 saturated heterocycles. The van der Waals surface area contributed by atoms with Gasteiger partial charge in [0.2, 0.25) is 5.95 Å². The minimum Gasteiger partial charge on any atom is -0.494 e. The van der Waals surface area contributed by atoms with E-state index in [2.05, 4.69) is 21.5 Å². The highest BCUT2D eigenvalue weighted by atomic mass is 35.5. The monoisotopic (exact) mass is 388 g/mol. The highest BCUT2D eigenvalue weighted by Crippen LogP contribution is 2.42. The number of para-hydroxylation sites is 1. The average Bonchev–Trinajstić information content (AvgIpc) is 3.10. The summed E-state index contributed by atoms with van der Waals surface area (Å²) < 4.78 is 7.74. The first kappa shape index (κ1) is 17.2. The van der Waals surface area contributed by atoms with E-state index in [-0.39, 0.29) is 12.1 Å². The molecule has 134 valence electrons. The average molecular weight is 389 g/mol. The van der Waals surface area contributed by atoms with E-state index in [1.165, 1.54) is 0 Å². The third-order valence-electron chi connectivity index (χ3n) is 4.55. The van der Waals surface area contributed by atoms with Crippen LogP contribution in [0.5, 0.6) is 5.75 Å². The summed E-state index contributed by atoms with van der Waals surface area (Å²) in [5.74, 6) is 1.58. The maximum absolute atomic E-state index is 6.45. The Morgan fingerprint density at radius 2 is 2.04 bits per heavy atom. The molecule has 1 aliphatic heterocycles. The van der Waals surface area contributed by atoms with Gasteiger partial charge < -0.3 is 10.1 Å². The van der Waals surface area contributed by atoms with Gasteiger partial charge in [0.1, 0.15) is 12.1 Å². The molecule has 0 unspecified atom stereocenters. The van der Waals surface area contributed by atoms with Crippen LogP contribution in [0.2, 0.25) is 10.0 Å². The second kappa shape index (κ2) is 7.17. The molecule has 3 aromatic rings. The molecule has 0 spiro atoms. The van der Waals surface area contributed by atoms with Crippen molar-refractivity contribution in [2.45, 2.75) is 25.4 Å². The largest absolute Gasteiger partial charge is 0.494 e. The molecule has 1 aromatic heterocycles. The molecule has 4 rings (SSSR count). The molecule has 0 bridgehead atoms. The van der Waals surface area contributed by atoms with Gasteiger partial charge in [0, 0.05) is 15.6 Å². The van der Waals surface area contributed by atoms with Crippen molar-refractivity contribution in [3.63, 3.8) is 0 Å². The number of halogens is 2. The summed E-state index contributed by atoms with van der Waals surface area (Å²) in [5.41, 5.74) is 2.07. The van der Waals surface area contributed by atoms with E-state index in [0.717, 1.165) is 23.3 Å². The van der Waals surface area contributed by atoms with Gasteiger partial charge in [0.05, 0.1) is 18.7 Å². The number of hydrogen-bond acceptors (Lipinski definition) is 4. The summed E-state index contributed by atoms with van der Waals surface area (Å²) >= 11 is 12.5. The number of aromatic nitrogens is 3. The zero-order chi connectivity index (χ0) is 18.1. The van der Waals surface area contributed by atoms with Gasteiger partial charge in [-0.3, -0.25) is 0 Å². The van der Waals surface area contributed by atoms with Gasteiger partial charge in [-0.2, -0.15) is 10.1 Å². The number of fused-ring (bicyclic) bond motifs is 1. The highest BCUT2D eigenvalue weighted by Gasteiger charge is 2.32. The minimum atomic E-state index is -0.00625. The molecule has 1 N–H and O–H groups in total. The van der Waals surface area contributed by atoms with Crippen LogP contribution in [0, 0.1) is 0 Å². The first-order chi connectivity index (χ1) is 12.7. The highest BCUT2D eigenvalue weighted by molar-refractivity contribution is 6.35. The van der Waals surface area contributed by atoms with Crippen molar-refractivity contribution in [1.82, 2.24) is 14.8 Å². The quantitative estimate of drug-likeness (QED) is 0.672. The van der Waals surface area contributed by atoms with Crippen LogP contribution in [-0.2, 0) is 0 Å². The van der Waals surface area contributed by atoms with E-state index >= 15 is 0 Å². The molecular formula is C19H18Cl2N4O. The van der Waals surface area contributed by atoms with E-state index in [9.17, 15) is 0 Å². The number of rotatable bonds is 4. The number of nitrogens with zero attached hydrogens (tertiary/aromatic N) is 3. The predicted molar refractivity (Wildman–Crippen MR) is 103 cm³/mol. The summed E-state index contributed by atoms with van der Waals surface area (Å²) in [7, 11) is 0. The van der Waals surface area contributed by atoms with E-state index in [1.54, 1.807) is 12.4 Å². The van der Waals surface area contributed by atoms with Crippen LogP contribution in [-0.4, -0.2) is 21.4 Å². The molecule has 26 heavy (non-hydrogen) atoms. The van der Waals surface area contributed by atoms with Gasteiger partial charge in [-0.15, -0.1) is 0 Å². The van der Waals surface area contributed by atoms with Crippen LogP contribution < -0.4 is 10.1 Å². The summed E-state index contributed by atoms with van der Waals surface area (Å²) in [5, 5.41) is 9.10. The van der Waals surface area contributed by atoms with Crippen molar-refractivity contribution in [3.05, 3.63) is 70.0 Å². The van der Waals surface area contributed by atoms with Gasteiger partial charge in [-0.25, -0.2) is 4.68 Å². The molecule has 2 heterocycles. The zero-order valence-corrected chi connectivity index (χ0v) is 15.7. The lowest BCUT2D eigenvalue weighted by atomic mass is 9.93. The van der Waals surface area contributed by atoms with Crippen LogP contribution in [0.3, 0.4) is 0 Å². The molecule has 2 aromatic carbocycles. The molecule has 0 aliphatic carbocycles. The molecule has 5 nitrogen and oxygen atoms in total. The smallest absolute Gasteiger partial charge is 0.222 e. The second-order valence-electron chi connectivity index (χ2n) is 6.11. The normalized spacial score (nSPS) is 18.9. The van der Waals surface area contributed by atoms with Crippen LogP contribution in [0.25, 0.3) is 0 Å². The fourth-order valence-corrected chi connectivity index (χ4v) is 3.95.